The number of nitrogens with one attached hydrogen (secondary N) is 2. The molecule has 3 aromatic rings. The van der Waals surface area contributed by atoms with Crippen LogP contribution in [-0.4, -0.2) is 33.7 Å². The number of hydrogen-bond acceptors (Lipinski definition) is 6. The molecule has 2 N–H and O–H groups in total. The van der Waals surface area contributed by atoms with Crippen molar-refractivity contribution in [3.05, 3.63) is 30.6 Å². The zero-order chi connectivity index (χ0) is 21.7. The number of aromatic nitrogens is 2. The van der Waals surface area contributed by atoms with Crippen molar-refractivity contribution in [2.24, 2.45) is 0 Å². The van der Waals surface area contributed by atoms with E-state index in [1.54, 1.807) is 17.7 Å². The second-order valence-corrected chi connectivity index (χ2v) is 9.37. The number of carbonyl (C=O) groups excluding carboxylic acids is 1. The van der Waals surface area contributed by atoms with E-state index in [1.165, 1.54) is 10.1 Å². The van der Waals surface area contributed by atoms with E-state index in [2.05, 4.69) is 44.9 Å². The first-order valence-electron chi connectivity index (χ1n) is 10.8. The van der Waals surface area contributed by atoms with Gasteiger partial charge in [-0.25, -0.2) is 14.8 Å². The highest BCUT2D eigenvalue weighted by molar-refractivity contribution is 7.25. The van der Waals surface area contributed by atoms with Crippen LogP contribution in [0.1, 0.15) is 60.3 Å². The molecule has 4 rings (SSSR count). The fourth-order valence-electron chi connectivity index (χ4n) is 3.72. The van der Waals surface area contributed by atoms with Crippen molar-refractivity contribution < 1.29 is 9.53 Å². The van der Waals surface area contributed by atoms with Crippen molar-refractivity contribution in [3.63, 3.8) is 0 Å². The Morgan fingerprint density at radius 3 is 2.43 bits per heavy atom. The Morgan fingerprint density at radius 1 is 1.07 bits per heavy atom. The van der Waals surface area contributed by atoms with Gasteiger partial charge < -0.3 is 15.4 Å². The monoisotopic (exact) mass is 428 g/mol. The minimum atomic E-state index is -0.468. The van der Waals surface area contributed by atoms with Crippen LogP contribution in [0.25, 0.3) is 20.3 Å². The van der Waals surface area contributed by atoms with Gasteiger partial charge in [-0.2, -0.15) is 0 Å². The van der Waals surface area contributed by atoms with Gasteiger partial charge in [0.05, 0.1) is 5.39 Å². The fraction of sp³-hybridized carbons (Fsp3) is 0.522. The van der Waals surface area contributed by atoms with Gasteiger partial charge in [-0.05, 0) is 52.5 Å². The molecule has 1 fully saturated rings. The van der Waals surface area contributed by atoms with E-state index in [1.807, 2.05) is 34.6 Å². The van der Waals surface area contributed by atoms with E-state index in [-0.39, 0.29) is 12.1 Å². The van der Waals surface area contributed by atoms with Crippen LogP contribution in [0.3, 0.4) is 0 Å². The second kappa shape index (κ2) is 9.60. The average Bonchev–Trinajstić information content (AvgIpc) is 3.09. The molecule has 1 aromatic carbocycles. The quantitative estimate of drug-likeness (QED) is 0.526. The van der Waals surface area contributed by atoms with Gasteiger partial charge >= 0.3 is 6.09 Å². The molecule has 0 unspecified atom stereocenters. The van der Waals surface area contributed by atoms with Gasteiger partial charge in [-0.1, -0.05) is 32.0 Å². The molecule has 6 nitrogen and oxygen atoms in total. The van der Waals surface area contributed by atoms with Crippen LogP contribution in [0.2, 0.25) is 0 Å². The Kier molecular flexibility index (Phi) is 7.13. The molecule has 0 saturated heterocycles. The van der Waals surface area contributed by atoms with Crippen molar-refractivity contribution in [3.8, 4) is 0 Å². The Balaban J connectivity index is 0.00000124. The normalized spacial score (nSPS) is 19.1. The first-order chi connectivity index (χ1) is 14.4. The van der Waals surface area contributed by atoms with Crippen LogP contribution in [0.4, 0.5) is 10.6 Å². The van der Waals surface area contributed by atoms with Crippen LogP contribution in [-0.2, 0) is 4.74 Å². The summed E-state index contributed by atoms with van der Waals surface area (Å²) >= 11 is 1.70. The molecular weight excluding hydrogens is 396 g/mol. The summed E-state index contributed by atoms with van der Waals surface area (Å²) in [6.45, 7) is 9.64. The van der Waals surface area contributed by atoms with E-state index in [9.17, 15) is 4.79 Å². The molecule has 1 amide bonds. The summed E-state index contributed by atoms with van der Waals surface area (Å²) in [5.41, 5.74) is -0.468. The zero-order valence-corrected chi connectivity index (χ0v) is 19.3. The Hall–Kier alpha value is -2.41. The largest absolute Gasteiger partial charge is 0.444 e. The van der Waals surface area contributed by atoms with Gasteiger partial charge in [0, 0.05) is 22.2 Å². The Bertz CT molecular complexity index is 988. The van der Waals surface area contributed by atoms with Crippen molar-refractivity contribution >= 4 is 43.6 Å². The van der Waals surface area contributed by atoms with E-state index in [0.717, 1.165) is 41.7 Å². The fourth-order valence-corrected chi connectivity index (χ4v) is 4.76. The van der Waals surface area contributed by atoms with Crippen molar-refractivity contribution in [2.45, 2.75) is 78.0 Å². The summed E-state index contributed by atoms with van der Waals surface area (Å²) in [6.07, 6.45) is 5.12. The molecule has 1 aliphatic carbocycles. The minimum absolute atomic E-state index is 0.167. The molecule has 162 valence electrons. The van der Waals surface area contributed by atoms with Gasteiger partial charge in [-0.15, -0.1) is 11.3 Å². The SMILES string of the molecule is CC.CC(C)(C)OC(=O)NC1CCC(Nc2ncnc3sc4ccccc4c23)CC1. The van der Waals surface area contributed by atoms with Gasteiger partial charge in [0.25, 0.3) is 0 Å². The lowest BCUT2D eigenvalue weighted by Crippen LogP contribution is -2.42. The van der Waals surface area contributed by atoms with Gasteiger partial charge in [0.1, 0.15) is 22.6 Å². The molecule has 2 aromatic heterocycles. The van der Waals surface area contributed by atoms with E-state index < -0.39 is 5.60 Å². The number of alkyl carbamates (subject to hydrolysis) is 1. The molecule has 7 heteroatoms. The predicted octanol–water partition coefficient (Wildman–Crippen LogP) is 6.12. The average molecular weight is 429 g/mol. The highest BCUT2D eigenvalue weighted by atomic mass is 32.1. The Labute approximate surface area is 182 Å². The molecule has 0 atom stereocenters. The third-order valence-corrected chi connectivity index (χ3v) is 6.04. The van der Waals surface area contributed by atoms with Crippen LogP contribution < -0.4 is 10.6 Å². The Morgan fingerprint density at radius 2 is 1.73 bits per heavy atom. The summed E-state index contributed by atoms with van der Waals surface area (Å²) in [6, 6.07) is 8.87. The highest BCUT2D eigenvalue weighted by Crippen LogP contribution is 2.36. The van der Waals surface area contributed by atoms with Crippen LogP contribution in [0.15, 0.2) is 30.6 Å². The second-order valence-electron chi connectivity index (χ2n) is 8.34. The lowest BCUT2D eigenvalue weighted by atomic mass is 9.91. The number of benzene rings is 1. The van der Waals surface area contributed by atoms with Gasteiger partial charge in [-0.3, -0.25) is 0 Å². The van der Waals surface area contributed by atoms with Crippen molar-refractivity contribution in [1.82, 2.24) is 15.3 Å². The highest BCUT2D eigenvalue weighted by Gasteiger charge is 2.25. The molecular formula is C23H32N4O2S. The predicted molar refractivity (Wildman–Crippen MR) is 125 cm³/mol. The summed E-state index contributed by atoms with van der Waals surface area (Å²) in [7, 11) is 0. The summed E-state index contributed by atoms with van der Waals surface area (Å²) < 4.78 is 6.59. The van der Waals surface area contributed by atoms with E-state index in [4.69, 9.17) is 4.74 Å². The number of hydrogen-bond donors (Lipinski definition) is 2. The number of rotatable bonds is 3. The number of fused-ring (bicyclic) bond motifs is 3. The maximum absolute atomic E-state index is 12.0. The summed E-state index contributed by atoms with van der Waals surface area (Å²) in [4.78, 5) is 22.0. The maximum atomic E-state index is 12.0. The third kappa shape index (κ3) is 5.39. The number of nitrogens with zero attached hydrogens (tertiary/aromatic N) is 2. The van der Waals surface area contributed by atoms with Crippen molar-refractivity contribution in [2.75, 3.05) is 5.32 Å². The molecule has 2 heterocycles. The lowest BCUT2D eigenvalue weighted by Gasteiger charge is -2.30. The summed E-state index contributed by atoms with van der Waals surface area (Å²) in [5, 5.41) is 8.93. The molecule has 1 saturated carbocycles. The van der Waals surface area contributed by atoms with Crippen LogP contribution >= 0.6 is 11.3 Å². The number of amides is 1. The first kappa shape index (κ1) is 22.3. The van der Waals surface area contributed by atoms with Crippen molar-refractivity contribution in [1.29, 1.82) is 0 Å². The molecule has 0 bridgehead atoms. The molecule has 0 aliphatic heterocycles. The first-order valence-corrected chi connectivity index (χ1v) is 11.6. The maximum Gasteiger partial charge on any atom is 0.407 e. The lowest BCUT2D eigenvalue weighted by molar-refractivity contribution is 0.0492. The standard InChI is InChI=1S/C21H26N4O2S.C2H6/c1-21(2,3)27-20(26)25-14-10-8-13(9-11-14)24-18-17-15-6-4-5-7-16(15)28-19(17)23-12-22-18;1-2/h4-7,12-14H,8-11H2,1-3H3,(H,25,26)(H,22,23,24);1-2H3. The van der Waals surface area contributed by atoms with Gasteiger partial charge in [0.15, 0.2) is 0 Å². The smallest absolute Gasteiger partial charge is 0.407 e. The van der Waals surface area contributed by atoms with E-state index >= 15 is 0 Å². The topological polar surface area (TPSA) is 76.1 Å². The minimum Gasteiger partial charge on any atom is -0.444 e. The number of carbonyl (C=O) groups is 1. The number of anilines is 1. The molecule has 0 spiro atoms. The number of thiophene rings is 1. The van der Waals surface area contributed by atoms with Crippen LogP contribution in [0.5, 0.6) is 0 Å². The molecule has 0 radical (unpaired) electrons. The van der Waals surface area contributed by atoms with Gasteiger partial charge in [0.2, 0.25) is 0 Å². The summed E-state index contributed by atoms with van der Waals surface area (Å²) in [5.74, 6) is 0.908. The van der Waals surface area contributed by atoms with E-state index in [0.29, 0.717) is 6.04 Å². The third-order valence-electron chi connectivity index (χ3n) is 4.96. The number of ether oxygens (including phenoxy) is 1. The molecule has 1 aliphatic rings. The molecule has 30 heavy (non-hydrogen) atoms. The van der Waals surface area contributed by atoms with Crippen LogP contribution in [0, 0.1) is 0 Å². The zero-order valence-electron chi connectivity index (χ0n) is 18.5.